The van der Waals surface area contributed by atoms with Crippen molar-refractivity contribution in [3.05, 3.63) is 24.3 Å². The molecule has 0 spiro atoms. The molecule has 0 bridgehead atoms. The fourth-order valence-corrected chi connectivity index (χ4v) is 1.15. The van der Waals surface area contributed by atoms with Gasteiger partial charge >= 0.3 is 0 Å². The number of aromatic nitrogens is 2. The molecule has 0 fully saturated rings. The second kappa shape index (κ2) is 4.89. The predicted molar refractivity (Wildman–Crippen MR) is 52.1 cm³/mol. The summed E-state index contributed by atoms with van der Waals surface area (Å²) in [4.78, 5) is 10.4. The van der Waals surface area contributed by atoms with E-state index >= 15 is 0 Å². The molecular formula is C9H16N4. The molecule has 72 valence electrons. The summed E-state index contributed by atoms with van der Waals surface area (Å²) in [6, 6.07) is 0.275. The molecule has 0 radical (unpaired) electrons. The van der Waals surface area contributed by atoms with Crippen LogP contribution < -0.4 is 5.73 Å². The molecule has 1 aromatic heterocycles. The maximum absolute atomic E-state index is 5.47. The standard InChI is InChI=1S/C9H16N4/c1-8(13(2)6-3-10)9-7-11-4-5-12-9/h4-5,7-8H,3,6,10H2,1-2H3. The van der Waals surface area contributed by atoms with Crippen molar-refractivity contribution in [3.8, 4) is 0 Å². The van der Waals surface area contributed by atoms with E-state index in [1.165, 1.54) is 0 Å². The van der Waals surface area contributed by atoms with E-state index in [1.807, 2.05) is 7.05 Å². The summed E-state index contributed by atoms with van der Waals surface area (Å²) in [5, 5.41) is 0. The molecular weight excluding hydrogens is 164 g/mol. The van der Waals surface area contributed by atoms with Crippen molar-refractivity contribution in [2.45, 2.75) is 13.0 Å². The minimum Gasteiger partial charge on any atom is -0.329 e. The molecule has 0 saturated carbocycles. The highest BCUT2D eigenvalue weighted by molar-refractivity contribution is 5.00. The van der Waals surface area contributed by atoms with Gasteiger partial charge in [0.05, 0.1) is 11.7 Å². The molecule has 0 aromatic carbocycles. The Morgan fingerprint density at radius 3 is 2.85 bits per heavy atom. The normalized spacial score (nSPS) is 13.2. The maximum Gasteiger partial charge on any atom is 0.0755 e. The van der Waals surface area contributed by atoms with Gasteiger partial charge in [-0.05, 0) is 14.0 Å². The quantitative estimate of drug-likeness (QED) is 0.730. The van der Waals surface area contributed by atoms with E-state index in [9.17, 15) is 0 Å². The molecule has 4 heteroatoms. The zero-order valence-corrected chi connectivity index (χ0v) is 8.14. The van der Waals surface area contributed by atoms with Crippen LogP contribution >= 0.6 is 0 Å². The molecule has 0 amide bonds. The summed E-state index contributed by atoms with van der Waals surface area (Å²) in [5.41, 5.74) is 6.45. The Labute approximate surface area is 78.8 Å². The first kappa shape index (κ1) is 10.1. The van der Waals surface area contributed by atoms with Gasteiger partial charge in [-0.3, -0.25) is 14.9 Å². The predicted octanol–water partition coefficient (Wildman–Crippen LogP) is 0.428. The fourth-order valence-electron chi connectivity index (χ4n) is 1.15. The van der Waals surface area contributed by atoms with Gasteiger partial charge < -0.3 is 5.73 Å². The third-order valence-corrected chi connectivity index (χ3v) is 2.15. The van der Waals surface area contributed by atoms with E-state index in [1.54, 1.807) is 18.6 Å². The molecule has 0 aliphatic heterocycles. The molecule has 1 rings (SSSR count). The number of hydrogen-bond donors (Lipinski definition) is 1. The van der Waals surface area contributed by atoms with Crippen molar-refractivity contribution in [1.82, 2.24) is 14.9 Å². The number of likely N-dealkylation sites (N-methyl/N-ethyl adjacent to an activating group) is 1. The van der Waals surface area contributed by atoms with E-state index < -0.39 is 0 Å². The van der Waals surface area contributed by atoms with Gasteiger partial charge in [-0.2, -0.15) is 0 Å². The van der Waals surface area contributed by atoms with Crippen LogP contribution in [0, 0.1) is 0 Å². The number of nitrogens with zero attached hydrogens (tertiary/aromatic N) is 3. The van der Waals surface area contributed by atoms with E-state index in [0.717, 1.165) is 12.2 Å². The van der Waals surface area contributed by atoms with Crippen LogP contribution in [0.3, 0.4) is 0 Å². The van der Waals surface area contributed by atoms with Crippen LogP contribution in [0.25, 0.3) is 0 Å². The zero-order chi connectivity index (χ0) is 9.68. The maximum atomic E-state index is 5.47. The van der Waals surface area contributed by atoms with E-state index in [4.69, 9.17) is 5.73 Å². The van der Waals surface area contributed by atoms with Gasteiger partial charge in [-0.15, -0.1) is 0 Å². The Bertz CT molecular complexity index is 237. The van der Waals surface area contributed by atoms with Crippen LogP contribution in [0.4, 0.5) is 0 Å². The van der Waals surface area contributed by atoms with E-state index in [2.05, 4.69) is 21.8 Å². The van der Waals surface area contributed by atoms with Gasteiger partial charge in [0.25, 0.3) is 0 Å². The highest BCUT2D eigenvalue weighted by atomic mass is 15.1. The Hall–Kier alpha value is -1.00. The van der Waals surface area contributed by atoms with Crippen LogP contribution in [0.1, 0.15) is 18.7 Å². The summed E-state index contributed by atoms with van der Waals surface area (Å²) < 4.78 is 0. The highest BCUT2D eigenvalue weighted by Gasteiger charge is 2.11. The summed E-state index contributed by atoms with van der Waals surface area (Å²) in [5.74, 6) is 0. The lowest BCUT2D eigenvalue weighted by atomic mass is 10.2. The van der Waals surface area contributed by atoms with E-state index in [-0.39, 0.29) is 6.04 Å². The van der Waals surface area contributed by atoms with Crippen molar-refractivity contribution in [1.29, 1.82) is 0 Å². The first-order chi connectivity index (χ1) is 6.25. The molecule has 13 heavy (non-hydrogen) atoms. The van der Waals surface area contributed by atoms with Crippen LogP contribution in [-0.4, -0.2) is 35.0 Å². The smallest absolute Gasteiger partial charge is 0.0755 e. The summed E-state index contributed by atoms with van der Waals surface area (Å²) in [6.45, 7) is 3.64. The van der Waals surface area contributed by atoms with Gasteiger partial charge in [0.2, 0.25) is 0 Å². The number of rotatable bonds is 4. The lowest BCUT2D eigenvalue weighted by Gasteiger charge is -2.22. The van der Waals surface area contributed by atoms with Gasteiger partial charge in [-0.1, -0.05) is 0 Å². The molecule has 2 N–H and O–H groups in total. The third-order valence-electron chi connectivity index (χ3n) is 2.15. The molecule has 0 saturated heterocycles. The number of nitrogens with two attached hydrogens (primary N) is 1. The molecule has 1 heterocycles. The molecule has 0 aliphatic carbocycles. The first-order valence-corrected chi connectivity index (χ1v) is 4.42. The Morgan fingerprint density at radius 1 is 1.54 bits per heavy atom. The second-order valence-corrected chi connectivity index (χ2v) is 3.08. The lowest BCUT2D eigenvalue weighted by Crippen LogP contribution is -2.28. The lowest BCUT2D eigenvalue weighted by molar-refractivity contribution is 0.264. The highest BCUT2D eigenvalue weighted by Crippen LogP contribution is 2.13. The minimum atomic E-state index is 0.275. The van der Waals surface area contributed by atoms with Crippen molar-refractivity contribution in [2.75, 3.05) is 20.1 Å². The van der Waals surface area contributed by atoms with Gasteiger partial charge in [0.15, 0.2) is 0 Å². The largest absolute Gasteiger partial charge is 0.329 e. The average molecular weight is 180 g/mol. The molecule has 1 atom stereocenters. The Balaban J connectivity index is 2.62. The average Bonchev–Trinajstić information content (AvgIpc) is 2.18. The minimum absolute atomic E-state index is 0.275. The topological polar surface area (TPSA) is 55.0 Å². The van der Waals surface area contributed by atoms with Crippen molar-refractivity contribution >= 4 is 0 Å². The van der Waals surface area contributed by atoms with Gasteiger partial charge in [-0.25, -0.2) is 0 Å². The SMILES string of the molecule is CC(c1cnccn1)N(C)CCN. The van der Waals surface area contributed by atoms with Crippen LogP contribution in [0.2, 0.25) is 0 Å². The van der Waals surface area contributed by atoms with Crippen LogP contribution in [0.5, 0.6) is 0 Å². The first-order valence-electron chi connectivity index (χ1n) is 4.42. The Morgan fingerprint density at radius 2 is 2.31 bits per heavy atom. The molecule has 4 nitrogen and oxygen atoms in total. The molecule has 1 aromatic rings. The molecule has 1 unspecified atom stereocenters. The third kappa shape index (κ3) is 2.75. The zero-order valence-electron chi connectivity index (χ0n) is 8.14. The van der Waals surface area contributed by atoms with Gasteiger partial charge in [0, 0.05) is 31.7 Å². The van der Waals surface area contributed by atoms with E-state index in [0.29, 0.717) is 6.54 Å². The van der Waals surface area contributed by atoms with Crippen molar-refractivity contribution < 1.29 is 0 Å². The second-order valence-electron chi connectivity index (χ2n) is 3.08. The fraction of sp³-hybridized carbons (Fsp3) is 0.556. The van der Waals surface area contributed by atoms with Crippen LogP contribution in [0.15, 0.2) is 18.6 Å². The van der Waals surface area contributed by atoms with Crippen molar-refractivity contribution in [2.24, 2.45) is 5.73 Å². The molecule has 0 aliphatic rings. The number of hydrogen-bond acceptors (Lipinski definition) is 4. The van der Waals surface area contributed by atoms with Gasteiger partial charge in [0.1, 0.15) is 0 Å². The van der Waals surface area contributed by atoms with Crippen molar-refractivity contribution in [3.63, 3.8) is 0 Å². The monoisotopic (exact) mass is 180 g/mol. The summed E-state index contributed by atoms with van der Waals surface area (Å²) >= 11 is 0. The summed E-state index contributed by atoms with van der Waals surface area (Å²) in [7, 11) is 2.03. The Kier molecular flexibility index (Phi) is 3.79. The summed E-state index contributed by atoms with van der Waals surface area (Å²) in [6.07, 6.45) is 5.18. The van der Waals surface area contributed by atoms with Crippen LogP contribution in [-0.2, 0) is 0 Å².